The molecule has 1 heterocycles. The van der Waals surface area contributed by atoms with Gasteiger partial charge in [-0.3, -0.25) is 14.4 Å². The fraction of sp³-hybridized carbons (Fsp3) is 0.333. The third-order valence-electron chi connectivity index (χ3n) is 3.79. The fourth-order valence-corrected chi connectivity index (χ4v) is 2.45. The Hall–Kier alpha value is -2.96. The number of carbonyl (C=O) groups excluding carboxylic acids is 2. The Morgan fingerprint density at radius 2 is 1.92 bits per heavy atom. The van der Waals surface area contributed by atoms with Gasteiger partial charge in [0, 0.05) is 36.2 Å². The lowest BCUT2D eigenvalue weighted by atomic mass is 10.1. The van der Waals surface area contributed by atoms with Gasteiger partial charge in [-0.15, -0.1) is 0 Å². The highest BCUT2D eigenvalue weighted by Gasteiger charge is 2.11. The van der Waals surface area contributed by atoms with Gasteiger partial charge in [-0.1, -0.05) is 30.3 Å². The summed E-state index contributed by atoms with van der Waals surface area (Å²) in [5, 5.41) is 2.71. The minimum atomic E-state index is -0.388. The van der Waals surface area contributed by atoms with E-state index < -0.39 is 0 Å². The Kier molecular flexibility index (Phi) is 6.45. The molecule has 2 amide bonds. The van der Waals surface area contributed by atoms with E-state index in [1.165, 1.54) is 0 Å². The van der Waals surface area contributed by atoms with Gasteiger partial charge in [0.05, 0.1) is 0 Å². The molecule has 132 valence electrons. The molecule has 0 aliphatic carbocycles. The number of hydrogen-bond acceptors (Lipinski definition) is 4. The van der Waals surface area contributed by atoms with Crippen LogP contribution in [0.25, 0.3) is 11.4 Å². The summed E-state index contributed by atoms with van der Waals surface area (Å²) < 4.78 is 0. The Morgan fingerprint density at radius 1 is 1.20 bits per heavy atom. The Morgan fingerprint density at radius 3 is 2.56 bits per heavy atom. The third-order valence-corrected chi connectivity index (χ3v) is 3.79. The van der Waals surface area contributed by atoms with Crippen molar-refractivity contribution in [2.24, 2.45) is 5.73 Å². The van der Waals surface area contributed by atoms with Gasteiger partial charge in [0.2, 0.25) is 11.8 Å². The van der Waals surface area contributed by atoms with Crippen molar-refractivity contribution in [3.8, 4) is 11.4 Å². The van der Waals surface area contributed by atoms with Crippen LogP contribution in [-0.4, -0.2) is 28.3 Å². The van der Waals surface area contributed by atoms with Gasteiger partial charge in [0.15, 0.2) is 0 Å². The van der Waals surface area contributed by atoms with E-state index in [1.807, 2.05) is 30.3 Å². The summed E-state index contributed by atoms with van der Waals surface area (Å²) in [7, 11) is 0. The zero-order chi connectivity index (χ0) is 18.2. The van der Waals surface area contributed by atoms with Crippen molar-refractivity contribution in [1.29, 1.82) is 0 Å². The molecule has 0 atom stereocenters. The van der Waals surface area contributed by atoms with Crippen LogP contribution >= 0.6 is 0 Å². The summed E-state index contributed by atoms with van der Waals surface area (Å²) in [6.07, 6.45) is 1.25. The quantitative estimate of drug-likeness (QED) is 0.622. The van der Waals surface area contributed by atoms with Crippen LogP contribution < -0.4 is 16.6 Å². The number of benzene rings is 1. The SMILES string of the molecule is Cc1nc(-c2ccccc2)[nH]c(=O)c1CCC(=O)NCCCC(N)=O. The molecule has 0 fully saturated rings. The van der Waals surface area contributed by atoms with Crippen LogP contribution in [0, 0.1) is 6.92 Å². The molecule has 25 heavy (non-hydrogen) atoms. The number of aromatic nitrogens is 2. The van der Waals surface area contributed by atoms with Gasteiger partial charge in [0.1, 0.15) is 5.82 Å². The zero-order valence-electron chi connectivity index (χ0n) is 14.2. The van der Waals surface area contributed by atoms with Gasteiger partial charge in [-0.2, -0.15) is 0 Å². The second-order valence-electron chi connectivity index (χ2n) is 5.76. The second kappa shape index (κ2) is 8.77. The van der Waals surface area contributed by atoms with E-state index in [0.717, 1.165) is 5.56 Å². The second-order valence-corrected chi connectivity index (χ2v) is 5.76. The van der Waals surface area contributed by atoms with Gasteiger partial charge >= 0.3 is 0 Å². The summed E-state index contributed by atoms with van der Waals surface area (Å²) in [6.45, 7) is 2.16. The molecule has 2 rings (SSSR count). The zero-order valence-corrected chi connectivity index (χ0v) is 14.2. The highest BCUT2D eigenvalue weighted by molar-refractivity contribution is 5.76. The molecule has 0 aliphatic heterocycles. The third kappa shape index (κ3) is 5.56. The smallest absolute Gasteiger partial charge is 0.254 e. The molecule has 1 aromatic carbocycles. The van der Waals surface area contributed by atoms with Crippen LogP contribution in [0.3, 0.4) is 0 Å². The first-order valence-corrected chi connectivity index (χ1v) is 8.17. The van der Waals surface area contributed by atoms with Crippen molar-refractivity contribution in [3.63, 3.8) is 0 Å². The van der Waals surface area contributed by atoms with Gasteiger partial charge in [-0.05, 0) is 19.8 Å². The van der Waals surface area contributed by atoms with E-state index in [4.69, 9.17) is 5.73 Å². The Labute approximate surface area is 145 Å². The molecular weight excluding hydrogens is 320 g/mol. The molecule has 0 aliphatic rings. The standard InChI is InChI=1S/C18H22N4O3/c1-12-14(9-10-16(24)20-11-5-8-15(19)23)18(25)22-17(21-12)13-6-3-2-4-7-13/h2-4,6-7H,5,8-11H2,1H3,(H2,19,23)(H,20,24)(H,21,22,25). The number of aromatic amines is 1. The van der Waals surface area contributed by atoms with E-state index in [2.05, 4.69) is 15.3 Å². The van der Waals surface area contributed by atoms with E-state index in [-0.39, 0.29) is 30.2 Å². The fourth-order valence-electron chi connectivity index (χ4n) is 2.45. The average molecular weight is 342 g/mol. The maximum absolute atomic E-state index is 12.3. The molecule has 7 heteroatoms. The first-order chi connectivity index (χ1) is 12.0. The lowest BCUT2D eigenvalue weighted by Gasteiger charge is -2.08. The number of nitrogens with zero attached hydrogens (tertiary/aromatic N) is 1. The van der Waals surface area contributed by atoms with Crippen molar-refractivity contribution < 1.29 is 9.59 Å². The van der Waals surface area contributed by atoms with Crippen LogP contribution in [-0.2, 0) is 16.0 Å². The lowest BCUT2D eigenvalue weighted by molar-refractivity contribution is -0.121. The number of amides is 2. The summed E-state index contributed by atoms with van der Waals surface area (Å²) >= 11 is 0. The number of nitrogens with two attached hydrogens (primary N) is 1. The topological polar surface area (TPSA) is 118 Å². The molecule has 0 radical (unpaired) electrons. The normalized spacial score (nSPS) is 10.4. The molecule has 7 nitrogen and oxygen atoms in total. The molecule has 1 aromatic heterocycles. The number of hydrogen-bond donors (Lipinski definition) is 3. The number of carbonyl (C=O) groups is 2. The van der Waals surface area contributed by atoms with E-state index in [0.29, 0.717) is 36.5 Å². The first kappa shape index (κ1) is 18.4. The molecule has 0 spiro atoms. The number of primary amides is 1. The molecular formula is C18H22N4O3. The van der Waals surface area contributed by atoms with Gasteiger partial charge in [-0.25, -0.2) is 4.98 Å². The average Bonchev–Trinajstić information content (AvgIpc) is 2.58. The maximum Gasteiger partial charge on any atom is 0.254 e. The minimum Gasteiger partial charge on any atom is -0.370 e. The Balaban J connectivity index is 1.95. The van der Waals surface area contributed by atoms with Crippen molar-refractivity contribution >= 4 is 11.8 Å². The van der Waals surface area contributed by atoms with Gasteiger partial charge in [0.25, 0.3) is 5.56 Å². The monoisotopic (exact) mass is 342 g/mol. The minimum absolute atomic E-state index is 0.171. The van der Waals surface area contributed by atoms with Crippen molar-refractivity contribution in [2.45, 2.75) is 32.6 Å². The van der Waals surface area contributed by atoms with Crippen molar-refractivity contribution in [1.82, 2.24) is 15.3 Å². The van der Waals surface area contributed by atoms with Crippen LogP contribution in [0.2, 0.25) is 0 Å². The number of rotatable bonds is 8. The molecule has 0 saturated carbocycles. The van der Waals surface area contributed by atoms with Crippen LogP contribution in [0.5, 0.6) is 0 Å². The largest absolute Gasteiger partial charge is 0.370 e. The number of nitrogens with one attached hydrogen (secondary N) is 2. The predicted octanol–water partition coefficient (Wildman–Crippen LogP) is 1.06. The maximum atomic E-state index is 12.3. The summed E-state index contributed by atoms with van der Waals surface area (Å²) in [4.78, 5) is 41.9. The number of aryl methyl sites for hydroxylation is 1. The first-order valence-electron chi connectivity index (χ1n) is 8.17. The van der Waals surface area contributed by atoms with Crippen molar-refractivity contribution in [2.75, 3.05) is 6.54 Å². The van der Waals surface area contributed by atoms with Gasteiger partial charge < -0.3 is 16.0 Å². The molecule has 0 saturated heterocycles. The summed E-state index contributed by atoms with van der Waals surface area (Å²) in [5.41, 5.74) is 6.76. The molecule has 2 aromatic rings. The highest BCUT2D eigenvalue weighted by atomic mass is 16.2. The molecule has 0 unspecified atom stereocenters. The van der Waals surface area contributed by atoms with Crippen molar-refractivity contribution in [3.05, 3.63) is 51.9 Å². The highest BCUT2D eigenvalue weighted by Crippen LogP contribution is 2.14. The van der Waals surface area contributed by atoms with Crippen LogP contribution in [0.15, 0.2) is 35.1 Å². The molecule has 0 bridgehead atoms. The Bertz CT molecular complexity index is 800. The van der Waals surface area contributed by atoms with Crippen LogP contribution in [0.1, 0.15) is 30.5 Å². The number of H-pyrrole nitrogens is 1. The lowest BCUT2D eigenvalue weighted by Crippen LogP contribution is -2.27. The van der Waals surface area contributed by atoms with Crippen LogP contribution in [0.4, 0.5) is 0 Å². The predicted molar refractivity (Wildman–Crippen MR) is 94.8 cm³/mol. The molecule has 4 N–H and O–H groups in total. The van der Waals surface area contributed by atoms with E-state index in [9.17, 15) is 14.4 Å². The summed E-state index contributed by atoms with van der Waals surface area (Å²) in [5.74, 6) is -0.0425. The van der Waals surface area contributed by atoms with E-state index in [1.54, 1.807) is 6.92 Å². The van der Waals surface area contributed by atoms with E-state index >= 15 is 0 Å². The summed E-state index contributed by atoms with van der Waals surface area (Å²) in [6, 6.07) is 9.39.